The van der Waals surface area contributed by atoms with Gasteiger partial charge in [0, 0.05) is 11.6 Å². The largest absolute Gasteiger partial charge is 0.483 e. The van der Waals surface area contributed by atoms with Gasteiger partial charge in [0.1, 0.15) is 11.6 Å². The molecule has 2 rings (SSSR count). The highest BCUT2D eigenvalue weighted by molar-refractivity contribution is 7.09. The number of benzene rings is 1. The summed E-state index contributed by atoms with van der Waals surface area (Å²) in [5.41, 5.74) is 6.28. The molecular weight excluding hydrogens is 239 g/mol. The molecule has 3 nitrogen and oxygen atoms in total. The van der Waals surface area contributed by atoms with Gasteiger partial charge in [-0.25, -0.2) is 9.37 Å². The van der Waals surface area contributed by atoms with Gasteiger partial charge in [0.2, 0.25) is 0 Å². The number of rotatable bonds is 5. The van der Waals surface area contributed by atoms with Crippen molar-refractivity contribution in [2.75, 3.05) is 6.54 Å². The fourth-order valence-corrected chi connectivity index (χ4v) is 2.05. The van der Waals surface area contributed by atoms with Crippen molar-refractivity contribution in [2.45, 2.75) is 13.0 Å². The van der Waals surface area contributed by atoms with Crippen molar-refractivity contribution in [3.63, 3.8) is 0 Å². The molecule has 0 bridgehead atoms. The Balaban J connectivity index is 2.13. The molecule has 17 heavy (non-hydrogen) atoms. The van der Waals surface area contributed by atoms with Crippen molar-refractivity contribution in [1.29, 1.82) is 0 Å². The summed E-state index contributed by atoms with van der Waals surface area (Å²) in [6.45, 7) is 0.757. The number of halogens is 1. The standard InChI is InChI=1S/C12H13FN2OS/c13-10-3-1-2-9(4-5-14)12(10)16-8-11-15-6-7-17-11/h1-3,6-7H,4-5,8,14H2. The first kappa shape index (κ1) is 12.0. The normalized spacial score (nSPS) is 10.5. The smallest absolute Gasteiger partial charge is 0.165 e. The van der Waals surface area contributed by atoms with Crippen molar-refractivity contribution < 1.29 is 9.13 Å². The lowest BCUT2D eigenvalue weighted by atomic mass is 10.1. The van der Waals surface area contributed by atoms with Crippen molar-refractivity contribution in [1.82, 2.24) is 4.98 Å². The van der Waals surface area contributed by atoms with E-state index in [2.05, 4.69) is 4.98 Å². The molecule has 0 radical (unpaired) electrons. The zero-order valence-electron chi connectivity index (χ0n) is 9.23. The van der Waals surface area contributed by atoms with E-state index in [1.54, 1.807) is 12.3 Å². The van der Waals surface area contributed by atoms with Gasteiger partial charge in [-0.15, -0.1) is 11.3 Å². The Hall–Kier alpha value is -1.46. The van der Waals surface area contributed by atoms with Crippen LogP contribution in [-0.4, -0.2) is 11.5 Å². The minimum Gasteiger partial charge on any atom is -0.483 e. The maximum Gasteiger partial charge on any atom is 0.165 e. The van der Waals surface area contributed by atoms with E-state index in [0.29, 0.717) is 13.0 Å². The van der Waals surface area contributed by atoms with Gasteiger partial charge in [-0.3, -0.25) is 0 Å². The first-order chi connectivity index (χ1) is 8.31. The van der Waals surface area contributed by atoms with E-state index in [-0.39, 0.29) is 18.2 Å². The predicted molar refractivity (Wildman–Crippen MR) is 65.6 cm³/mol. The van der Waals surface area contributed by atoms with Gasteiger partial charge in [-0.05, 0) is 24.6 Å². The van der Waals surface area contributed by atoms with Crippen LogP contribution in [0.25, 0.3) is 0 Å². The quantitative estimate of drug-likeness (QED) is 0.888. The summed E-state index contributed by atoms with van der Waals surface area (Å²) in [7, 11) is 0. The molecule has 0 aliphatic heterocycles. The van der Waals surface area contributed by atoms with Crippen LogP contribution in [0.5, 0.6) is 5.75 Å². The first-order valence-corrected chi connectivity index (χ1v) is 6.18. The zero-order valence-corrected chi connectivity index (χ0v) is 10.0. The molecule has 5 heteroatoms. The Kier molecular flexibility index (Phi) is 4.06. The molecule has 1 aromatic carbocycles. The van der Waals surface area contributed by atoms with E-state index in [9.17, 15) is 4.39 Å². The third kappa shape index (κ3) is 3.01. The number of thiazole rings is 1. The summed E-state index contributed by atoms with van der Waals surface area (Å²) in [6, 6.07) is 4.88. The molecule has 1 aromatic heterocycles. The number of ether oxygens (including phenoxy) is 1. The first-order valence-electron chi connectivity index (χ1n) is 5.30. The van der Waals surface area contributed by atoms with Crippen molar-refractivity contribution in [3.05, 3.63) is 46.2 Å². The highest BCUT2D eigenvalue weighted by atomic mass is 32.1. The lowest BCUT2D eigenvalue weighted by Gasteiger charge is -2.10. The summed E-state index contributed by atoms with van der Waals surface area (Å²) in [4.78, 5) is 4.08. The van der Waals surface area contributed by atoms with Crippen LogP contribution in [0, 0.1) is 5.82 Å². The average Bonchev–Trinajstić information content (AvgIpc) is 2.82. The van der Waals surface area contributed by atoms with E-state index in [4.69, 9.17) is 10.5 Å². The third-order valence-electron chi connectivity index (χ3n) is 2.29. The van der Waals surface area contributed by atoms with Gasteiger partial charge >= 0.3 is 0 Å². The molecule has 0 fully saturated rings. The van der Waals surface area contributed by atoms with Gasteiger partial charge in [0.05, 0.1) is 0 Å². The molecule has 0 aliphatic rings. The Morgan fingerprint density at radius 2 is 2.29 bits per heavy atom. The molecule has 2 N–H and O–H groups in total. The molecule has 90 valence electrons. The Bertz CT molecular complexity index is 473. The van der Waals surface area contributed by atoms with E-state index < -0.39 is 0 Å². The fraction of sp³-hybridized carbons (Fsp3) is 0.250. The topological polar surface area (TPSA) is 48.1 Å². The van der Waals surface area contributed by atoms with E-state index in [0.717, 1.165) is 10.6 Å². The fourth-order valence-electron chi connectivity index (χ4n) is 1.53. The second kappa shape index (κ2) is 5.75. The molecule has 0 amide bonds. The Labute approximate surface area is 103 Å². The van der Waals surface area contributed by atoms with Crippen LogP contribution < -0.4 is 10.5 Å². The van der Waals surface area contributed by atoms with Crippen molar-refractivity contribution in [2.24, 2.45) is 5.73 Å². The number of hydrogen-bond donors (Lipinski definition) is 1. The lowest BCUT2D eigenvalue weighted by molar-refractivity contribution is 0.286. The number of aromatic nitrogens is 1. The van der Waals surface area contributed by atoms with Crippen LogP contribution in [0.15, 0.2) is 29.8 Å². The lowest BCUT2D eigenvalue weighted by Crippen LogP contribution is -2.06. The number of para-hydroxylation sites is 1. The molecule has 0 atom stereocenters. The highest BCUT2D eigenvalue weighted by Crippen LogP contribution is 2.24. The van der Waals surface area contributed by atoms with Crippen LogP contribution in [0.4, 0.5) is 4.39 Å². The van der Waals surface area contributed by atoms with Gasteiger partial charge < -0.3 is 10.5 Å². The van der Waals surface area contributed by atoms with Gasteiger partial charge in [0.15, 0.2) is 11.6 Å². The second-order valence-corrected chi connectivity index (χ2v) is 4.46. The maximum atomic E-state index is 13.6. The monoisotopic (exact) mass is 252 g/mol. The number of hydrogen-bond acceptors (Lipinski definition) is 4. The Morgan fingerprint density at radius 3 is 3.00 bits per heavy atom. The second-order valence-electron chi connectivity index (χ2n) is 3.48. The summed E-state index contributed by atoms with van der Waals surface area (Å²) < 4.78 is 19.1. The molecular formula is C12H13FN2OS. The molecule has 2 aromatic rings. The summed E-state index contributed by atoms with van der Waals surface area (Å²) in [5.74, 6) is -0.0688. The van der Waals surface area contributed by atoms with Crippen LogP contribution in [0.2, 0.25) is 0 Å². The third-order valence-corrected chi connectivity index (χ3v) is 3.04. The van der Waals surface area contributed by atoms with Gasteiger partial charge in [-0.2, -0.15) is 0 Å². The van der Waals surface area contributed by atoms with Crippen LogP contribution in [0.3, 0.4) is 0 Å². The Morgan fingerprint density at radius 1 is 1.41 bits per heavy atom. The van der Waals surface area contributed by atoms with Crippen LogP contribution in [0.1, 0.15) is 10.6 Å². The zero-order chi connectivity index (χ0) is 12.1. The van der Waals surface area contributed by atoms with Crippen molar-refractivity contribution >= 4 is 11.3 Å². The predicted octanol–water partition coefficient (Wildman–Crippen LogP) is 2.36. The van der Waals surface area contributed by atoms with Gasteiger partial charge in [0.25, 0.3) is 0 Å². The summed E-state index contributed by atoms with van der Waals surface area (Å²) in [6.07, 6.45) is 2.30. The molecule has 0 aliphatic carbocycles. The SMILES string of the molecule is NCCc1cccc(F)c1OCc1nccs1. The van der Waals surface area contributed by atoms with E-state index in [1.165, 1.54) is 17.4 Å². The molecule has 0 spiro atoms. The van der Waals surface area contributed by atoms with Crippen LogP contribution >= 0.6 is 11.3 Å². The number of nitrogens with two attached hydrogens (primary N) is 1. The molecule has 0 saturated heterocycles. The average molecular weight is 252 g/mol. The van der Waals surface area contributed by atoms with Gasteiger partial charge in [-0.1, -0.05) is 12.1 Å². The minimum absolute atomic E-state index is 0.285. The summed E-state index contributed by atoms with van der Waals surface area (Å²) >= 11 is 1.48. The molecule has 0 unspecified atom stereocenters. The number of nitrogens with zero attached hydrogens (tertiary/aromatic N) is 1. The van der Waals surface area contributed by atoms with Crippen molar-refractivity contribution in [3.8, 4) is 5.75 Å². The van der Waals surface area contributed by atoms with E-state index in [1.807, 2.05) is 11.4 Å². The van der Waals surface area contributed by atoms with Crippen LogP contribution in [-0.2, 0) is 13.0 Å². The maximum absolute atomic E-state index is 13.6. The van der Waals surface area contributed by atoms with E-state index >= 15 is 0 Å². The highest BCUT2D eigenvalue weighted by Gasteiger charge is 2.09. The molecule has 0 saturated carbocycles. The molecule has 1 heterocycles. The minimum atomic E-state index is -0.354. The summed E-state index contributed by atoms with van der Waals surface area (Å²) in [5, 5.41) is 2.69.